The lowest BCUT2D eigenvalue weighted by molar-refractivity contribution is -0.143. The molecule has 20 heavy (non-hydrogen) atoms. The van der Waals surface area contributed by atoms with Gasteiger partial charge in [0.25, 0.3) is 0 Å². The molecule has 116 valence electrons. The zero-order valence-electron chi connectivity index (χ0n) is 12.5. The molecule has 1 saturated heterocycles. The highest BCUT2D eigenvalue weighted by atomic mass is 19.3. The molecular weight excluding hydrogens is 268 g/mol. The van der Waals surface area contributed by atoms with Gasteiger partial charge in [-0.1, -0.05) is 0 Å². The summed E-state index contributed by atoms with van der Waals surface area (Å²) in [5.74, 6) is -4.57. The summed E-state index contributed by atoms with van der Waals surface area (Å²) in [6.07, 6.45) is 0.114. The first-order valence-corrected chi connectivity index (χ1v) is 6.88. The summed E-state index contributed by atoms with van der Waals surface area (Å²) in [4.78, 5) is 24.2. The van der Waals surface area contributed by atoms with Crippen LogP contribution in [0.1, 0.15) is 47.0 Å². The minimum absolute atomic E-state index is 0.229. The second kappa shape index (κ2) is 6.06. The van der Waals surface area contributed by atoms with E-state index in [1.807, 2.05) is 0 Å². The SMILES string of the molecule is CC(=O)C(F)(F)CC1CCN(C(=O)OC(C)(C)C)CC1. The largest absolute Gasteiger partial charge is 0.444 e. The van der Waals surface area contributed by atoms with E-state index in [1.54, 1.807) is 20.8 Å². The molecule has 1 fully saturated rings. The van der Waals surface area contributed by atoms with Crippen molar-refractivity contribution in [2.45, 2.75) is 58.5 Å². The molecule has 1 rings (SSSR count). The number of rotatable bonds is 3. The molecule has 0 aromatic rings. The summed E-state index contributed by atoms with van der Waals surface area (Å²) in [5.41, 5.74) is -0.560. The standard InChI is InChI=1S/C14H23F2NO3/c1-10(18)14(15,16)9-11-5-7-17(8-6-11)12(19)20-13(2,3)4/h11H,5-9H2,1-4H3. The first kappa shape index (κ1) is 16.9. The molecular formula is C14H23F2NO3. The summed E-state index contributed by atoms with van der Waals surface area (Å²) in [5, 5.41) is 0. The van der Waals surface area contributed by atoms with Crippen LogP contribution in [0.4, 0.5) is 13.6 Å². The molecule has 0 bridgehead atoms. The molecule has 0 spiro atoms. The maximum Gasteiger partial charge on any atom is 0.410 e. The molecule has 0 aromatic heterocycles. The molecule has 1 aliphatic rings. The Morgan fingerprint density at radius 3 is 2.10 bits per heavy atom. The number of ether oxygens (including phenoxy) is 1. The first-order valence-electron chi connectivity index (χ1n) is 6.88. The molecule has 1 amide bonds. The van der Waals surface area contributed by atoms with Crippen molar-refractivity contribution < 1.29 is 23.1 Å². The number of hydrogen-bond acceptors (Lipinski definition) is 3. The van der Waals surface area contributed by atoms with Crippen LogP contribution < -0.4 is 0 Å². The summed E-state index contributed by atoms with van der Waals surface area (Å²) in [7, 11) is 0. The van der Waals surface area contributed by atoms with Crippen molar-refractivity contribution in [1.82, 2.24) is 4.90 Å². The number of halogens is 2. The number of piperidine rings is 1. The number of nitrogens with zero attached hydrogens (tertiary/aromatic N) is 1. The number of carbonyl (C=O) groups excluding carboxylic acids is 2. The van der Waals surface area contributed by atoms with Crippen molar-refractivity contribution in [3.05, 3.63) is 0 Å². The highest BCUT2D eigenvalue weighted by Crippen LogP contribution is 2.31. The number of amides is 1. The van der Waals surface area contributed by atoms with Crippen LogP contribution in [0.15, 0.2) is 0 Å². The van der Waals surface area contributed by atoms with E-state index in [0.717, 1.165) is 6.92 Å². The van der Waals surface area contributed by atoms with Gasteiger partial charge in [0.1, 0.15) is 5.60 Å². The van der Waals surface area contributed by atoms with Crippen LogP contribution in [0.2, 0.25) is 0 Å². The smallest absolute Gasteiger partial charge is 0.410 e. The van der Waals surface area contributed by atoms with Crippen LogP contribution in [0.3, 0.4) is 0 Å². The Balaban J connectivity index is 2.44. The van der Waals surface area contributed by atoms with Gasteiger partial charge in [0.2, 0.25) is 0 Å². The minimum Gasteiger partial charge on any atom is -0.444 e. The molecule has 1 heterocycles. The normalized spacial score (nSPS) is 18.0. The Labute approximate surface area is 118 Å². The topological polar surface area (TPSA) is 46.6 Å². The first-order chi connectivity index (χ1) is 9.01. The van der Waals surface area contributed by atoms with E-state index in [1.165, 1.54) is 4.90 Å². The Morgan fingerprint density at radius 1 is 1.20 bits per heavy atom. The number of Topliss-reactive ketones (excluding diaryl/α,β-unsaturated/α-hetero) is 1. The number of ketones is 1. The van der Waals surface area contributed by atoms with Gasteiger partial charge in [-0.15, -0.1) is 0 Å². The van der Waals surface area contributed by atoms with Gasteiger partial charge in [-0.3, -0.25) is 4.79 Å². The van der Waals surface area contributed by atoms with Crippen molar-refractivity contribution >= 4 is 11.9 Å². The fourth-order valence-corrected chi connectivity index (χ4v) is 2.15. The molecule has 0 radical (unpaired) electrons. The molecule has 6 heteroatoms. The molecule has 0 aliphatic carbocycles. The second-order valence-corrected chi connectivity index (χ2v) is 6.38. The van der Waals surface area contributed by atoms with E-state index >= 15 is 0 Å². The van der Waals surface area contributed by atoms with E-state index in [0.29, 0.717) is 25.9 Å². The highest BCUT2D eigenvalue weighted by molar-refractivity contribution is 5.83. The summed E-state index contributed by atoms with van der Waals surface area (Å²) in [6, 6.07) is 0. The van der Waals surface area contributed by atoms with Crippen molar-refractivity contribution in [3.63, 3.8) is 0 Å². The van der Waals surface area contributed by atoms with E-state index in [4.69, 9.17) is 4.74 Å². The van der Waals surface area contributed by atoms with Crippen LogP contribution >= 0.6 is 0 Å². The summed E-state index contributed by atoms with van der Waals surface area (Å²) in [6.45, 7) is 7.05. The van der Waals surface area contributed by atoms with Gasteiger partial charge >= 0.3 is 12.0 Å². The number of alkyl halides is 2. The summed E-state index contributed by atoms with van der Waals surface area (Å²) >= 11 is 0. The zero-order chi connectivity index (χ0) is 15.6. The van der Waals surface area contributed by atoms with Gasteiger partial charge < -0.3 is 9.64 Å². The highest BCUT2D eigenvalue weighted by Gasteiger charge is 2.39. The maximum absolute atomic E-state index is 13.4. The molecule has 0 N–H and O–H groups in total. The van der Waals surface area contributed by atoms with Crippen LogP contribution in [0, 0.1) is 5.92 Å². The Morgan fingerprint density at radius 2 is 1.70 bits per heavy atom. The molecule has 0 atom stereocenters. The lowest BCUT2D eigenvalue weighted by Crippen LogP contribution is -2.43. The third-order valence-electron chi connectivity index (χ3n) is 3.33. The number of hydrogen-bond donors (Lipinski definition) is 0. The van der Waals surface area contributed by atoms with E-state index < -0.39 is 29.8 Å². The van der Waals surface area contributed by atoms with Crippen LogP contribution in [-0.2, 0) is 9.53 Å². The predicted octanol–water partition coefficient (Wildman–Crippen LogP) is 3.25. The quantitative estimate of drug-likeness (QED) is 0.802. The predicted molar refractivity (Wildman–Crippen MR) is 70.8 cm³/mol. The molecule has 4 nitrogen and oxygen atoms in total. The van der Waals surface area contributed by atoms with Gasteiger partial charge in [0.05, 0.1) is 0 Å². The van der Waals surface area contributed by atoms with Crippen molar-refractivity contribution in [2.75, 3.05) is 13.1 Å². The van der Waals surface area contributed by atoms with E-state index in [9.17, 15) is 18.4 Å². The molecule has 0 saturated carbocycles. The van der Waals surface area contributed by atoms with Gasteiger partial charge in [-0.2, -0.15) is 8.78 Å². The number of likely N-dealkylation sites (tertiary alicyclic amines) is 1. The fourth-order valence-electron chi connectivity index (χ4n) is 2.15. The molecule has 0 aromatic carbocycles. The Kier molecular flexibility index (Phi) is 5.10. The van der Waals surface area contributed by atoms with Crippen molar-refractivity contribution in [2.24, 2.45) is 5.92 Å². The van der Waals surface area contributed by atoms with Gasteiger partial charge in [0, 0.05) is 26.4 Å². The number of carbonyl (C=O) groups is 2. The second-order valence-electron chi connectivity index (χ2n) is 6.38. The summed E-state index contributed by atoms with van der Waals surface area (Å²) < 4.78 is 31.9. The zero-order valence-corrected chi connectivity index (χ0v) is 12.5. The van der Waals surface area contributed by atoms with Crippen LogP contribution in [0.5, 0.6) is 0 Å². The van der Waals surface area contributed by atoms with Gasteiger partial charge in [-0.25, -0.2) is 4.79 Å². The van der Waals surface area contributed by atoms with Gasteiger partial charge in [0.15, 0.2) is 5.78 Å². The fraction of sp³-hybridized carbons (Fsp3) is 0.857. The lowest BCUT2D eigenvalue weighted by atomic mass is 9.90. The maximum atomic E-state index is 13.4. The molecule has 0 unspecified atom stereocenters. The molecule has 1 aliphatic heterocycles. The van der Waals surface area contributed by atoms with Crippen molar-refractivity contribution in [3.8, 4) is 0 Å². The lowest BCUT2D eigenvalue weighted by Gasteiger charge is -2.34. The van der Waals surface area contributed by atoms with Gasteiger partial charge in [-0.05, 0) is 39.5 Å². The average molecular weight is 291 g/mol. The van der Waals surface area contributed by atoms with Crippen LogP contribution in [0.25, 0.3) is 0 Å². The Bertz CT molecular complexity index is 369. The monoisotopic (exact) mass is 291 g/mol. The van der Waals surface area contributed by atoms with E-state index in [2.05, 4.69) is 0 Å². The van der Waals surface area contributed by atoms with E-state index in [-0.39, 0.29) is 5.92 Å². The third-order valence-corrected chi connectivity index (χ3v) is 3.33. The minimum atomic E-state index is -3.25. The van der Waals surface area contributed by atoms with Crippen LogP contribution in [-0.4, -0.2) is 41.4 Å². The Hall–Kier alpha value is -1.20. The van der Waals surface area contributed by atoms with Crippen molar-refractivity contribution in [1.29, 1.82) is 0 Å². The third kappa shape index (κ3) is 5.06. The average Bonchev–Trinajstić information content (AvgIpc) is 2.26.